The van der Waals surface area contributed by atoms with Gasteiger partial charge in [-0.25, -0.2) is 0 Å². The number of rotatable bonds is 2. The van der Waals surface area contributed by atoms with Crippen molar-refractivity contribution in [2.24, 2.45) is 17.3 Å². The van der Waals surface area contributed by atoms with Gasteiger partial charge in [0.2, 0.25) is 0 Å². The molecule has 4 atom stereocenters. The van der Waals surface area contributed by atoms with E-state index in [-0.39, 0.29) is 11.5 Å². The van der Waals surface area contributed by atoms with Crippen LogP contribution in [-0.4, -0.2) is 24.3 Å². The Kier molecular flexibility index (Phi) is 2.53. The van der Waals surface area contributed by atoms with Crippen LogP contribution in [0, 0.1) is 17.3 Å². The highest BCUT2D eigenvalue weighted by molar-refractivity contribution is 5.74. The van der Waals surface area contributed by atoms with E-state index in [4.69, 9.17) is 4.74 Å². The molecule has 3 heteroatoms. The molecule has 2 aliphatic carbocycles. The van der Waals surface area contributed by atoms with Crippen molar-refractivity contribution >= 4 is 12.6 Å². The van der Waals surface area contributed by atoms with E-state index in [1.165, 1.54) is 0 Å². The molecule has 18 heavy (non-hydrogen) atoms. The molecule has 98 valence electrons. The number of carbonyl (C=O) groups excluding carboxylic acids is 2. The van der Waals surface area contributed by atoms with Crippen LogP contribution in [0.15, 0.2) is 11.6 Å². The van der Waals surface area contributed by atoms with Crippen molar-refractivity contribution in [2.75, 3.05) is 0 Å². The third-order valence-corrected chi connectivity index (χ3v) is 5.27. The lowest BCUT2D eigenvalue weighted by Gasteiger charge is -2.07. The minimum absolute atomic E-state index is 0.0387. The zero-order valence-corrected chi connectivity index (χ0v) is 11.0. The summed E-state index contributed by atoms with van der Waals surface area (Å²) in [6, 6.07) is 0. The monoisotopic (exact) mass is 248 g/mol. The van der Waals surface area contributed by atoms with E-state index in [0.717, 1.165) is 43.8 Å². The number of ether oxygens (including phenoxy) is 1. The maximum Gasteiger partial charge on any atom is 0.154 e. The first-order valence-electron chi connectivity index (χ1n) is 6.83. The lowest BCUT2D eigenvalue weighted by molar-refractivity contribution is -0.112. The van der Waals surface area contributed by atoms with Gasteiger partial charge in [0.1, 0.15) is 11.9 Å². The minimum Gasteiger partial charge on any atom is -0.358 e. The molecule has 3 nitrogen and oxygen atoms in total. The molecule has 0 bridgehead atoms. The zero-order valence-electron chi connectivity index (χ0n) is 11.0. The van der Waals surface area contributed by atoms with Crippen molar-refractivity contribution in [1.29, 1.82) is 0 Å². The molecule has 3 rings (SSSR count). The van der Waals surface area contributed by atoms with Crippen LogP contribution in [0.25, 0.3) is 0 Å². The lowest BCUT2D eigenvalue weighted by atomic mass is 9.93. The summed E-state index contributed by atoms with van der Waals surface area (Å²) in [6.07, 6.45) is 7.55. The molecule has 1 heterocycles. The van der Waals surface area contributed by atoms with Crippen LogP contribution in [0.1, 0.15) is 39.5 Å². The Balaban J connectivity index is 1.83. The molecule has 0 aromatic rings. The van der Waals surface area contributed by atoms with Crippen LogP contribution in [0.4, 0.5) is 0 Å². The second-order valence-corrected chi connectivity index (χ2v) is 6.57. The van der Waals surface area contributed by atoms with Crippen LogP contribution < -0.4 is 0 Å². The van der Waals surface area contributed by atoms with E-state index >= 15 is 0 Å². The Bertz CT molecular complexity index is 423. The van der Waals surface area contributed by atoms with E-state index in [1.807, 2.05) is 0 Å². The molecule has 1 aliphatic heterocycles. The van der Waals surface area contributed by atoms with Gasteiger partial charge in [-0.2, -0.15) is 0 Å². The summed E-state index contributed by atoms with van der Waals surface area (Å²) >= 11 is 0. The fourth-order valence-electron chi connectivity index (χ4n) is 3.68. The number of hydrogen-bond acceptors (Lipinski definition) is 3. The Morgan fingerprint density at radius 2 is 2.11 bits per heavy atom. The predicted molar refractivity (Wildman–Crippen MR) is 67.0 cm³/mol. The average Bonchev–Trinajstić information content (AvgIpc) is 3.18. The van der Waals surface area contributed by atoms with E-state index in [2.05, 4.69) is 19.9 Å². The Labute approximate surface area is 108 Å². The van der Waals surface area contributed by atoms with Crippen LogP contribution in [0.3, 0.4) is 0 Å². The van der Waals surface area contributed by atoms with Crippen molar-refractivity contribution < 1.29 is 14.3 Å². The van der Waals surface area contributed by atoms with E-state index in [9.17, 15) is 9.59 Å². The average molecular weight is 248 g/mol. The summed E-state index contributed by atoms with van der Waals surface area (Å²) in [5.74, 6) is 1.09. The number of carbonyl (C=O) groups is 2. The molecular weight excluding hydrogens is 228 g/mol. The first-order valence-corrected chi connectivity index (χ1v) is 6.83. The summed E-state index contributed by atoms with van der Waals surface area (Å²) < 4.78 is 5.60. The predicted octanol–water partition coefficient (Wildman–Crippen LogP) is 2.29. The van der Waals surface area contributed by atoms with Gasteiger partial charge in [0.25, 0.3) is 0 Å². The quantitative estimate of drug-likeness (QED) is 0.556. The van der Waals surface area contributed by atoms with Gasteiger partial charge in [-0.15, -0.1) is 0 Å². The molecule has 0 aromatic heterocycles. The molecular formula is C15H20O3. The van der Waals surface area contributed by atoms with E-state index in [1.54, 1.807) is 0 Å². The zero-order chi connectivity index (χ0) is 13.0. The molecule has 0 spiro atoms. The molecule has 0 N–H and O–H groups in total. The van der Waals surface area contributed by atoms with Crippen LogP contribution in [0.2, 0.25) is 0 Å². The first kappa shape index (κ1) is 12.1. The summed E-state index contributed by atoms with van der Waals surface area (Å²) in [6.45, 7) is 4.50. The molecule has 0 amide bonds. The van der Waals surface area contributed by atoms with Crippen LogP contribution in [0.5, 0.6) is 0 Å². The number of aldehydes is 2. The molecule has 0 aromatic carbocycles. The smallest absolute Gasteiger partial charge is 0.154 e. The first-order chi connectivity index (χ1) is 8.53. The second-order valence-electron chi connectivity index (χ2n) is 6.57. The van der Waals surface area contributed by atoms with Crippen LogP contribution >= 0.6 is 0 Å². The fraction of sp³-hybridized carbons (Fsp3) is 0.733. The summed E-state index contributed by atoms with van der Waals surface area (Å²) in [4.78, 5) is 22.3. The van der Waals surface area contributed by atoms with Gasteiger partial charge in [-0.05, 0) is 48.5 Å². The number of fused-ring (bicyclic) bond motifs is 2. The summed E-state index contributed by atoms with van der Waals surface area (Å²) in [7, 11) is 0. The van der Waals surface area contributed by atoms with Crippen molar-refractivity contribution in [3.63, 3.8) is 0 Å². The van der Waals surface area contributed by atoms with E-state index in [0.29, 0.717) is 11.8 Å². The molecule has 1 saturated heterocycles. The third kappa shape index (κ3) is 1.68. The molecule has 0 radical (unpaired) electrons. The van der Waals surface area contributed by atoms with Gasteiger partial charge >= 0.3 is 0 Å². The third-order valence-electron chi connectivity index (χ3n) is 5.27. The van der Waals surface area contributed by atoms with Gasteiger partial charge < -0.3 is 9.53 Å². The highest BCUT2D eigenvalue weighted by atomic mass is 16.6. The summed E-state index contributed by atoms with van der Waals surface area (Å²) in [5.41, 5.74) is 0.634. The topological polar surface area (TPSA) is 46.7 Å². The van der Waals surface area contributed by atoms with E-state index < -0.39 is 5.60 Å². The highest BCUT2D eigenvalue weighted by Gasteiger charge is 2.61. The normalized spacial score (nSPS) is 45.0. The maximum atomic E-state index is 11.2. The number of epoxide rings is 1. The lowest BCUT2D eigenvalue weighted by Crippen LogP contribution is -2.18. The Morgan fingerprint density at radius 3 is 2.78 bits per heavy atom. The van der Waals surface area contributed by atoms with Crippen molar-refractivity contribution in [1.82, 2.24) is 0 Å². The Hall–Kier alpha value is -0.960. The molecule has 0 unspecified atom stereocenters. The number of hydrogen-bond donors (Lipinski definition) is 0. The molecule has 3 aliphatic rings. The maximum absolute atomic E-state index is 11.2. The van der Waals surface area contributed by atoms with Gasteiger partial charge in [0.15, 0.2) is 6.29 Å². The second kappa shape index (κ2) is 3.77. The SMILES string of the molecule is CC1(C)[C@@H]2CC[C@]3(C=O)O[C@@H]3CCC(C=O)=C[C@@H]21. The van der Waals surface area contributed by atoms with Crippen molar-refractivity contribution in [2.45, 2.75) is 51.2 Å². The molecule has 1 saturated carbocycles. The standard InChI is InChI=1S/C15H20O3/c1-14(2)11-5-6-15(9-17)13(18-15)4-3-10(8-16)7-12(11)14/h7-9,11-13H,3-6H2,1-2H3/t11-,12+,13-,15-/m1/s1. The highest BCUT2D eigenvalue weighted by Crippen LogP contribution is 2.63. The largest absolute Gasteiger partial charge is 0.358 e. The minimum atomic E-state index is -0.519. The molecule has 2 fully saturated rings. The number of allylic oxidation sites excluding steroid dienone is 2. The summed E-state index contributed by atoms with van der Waals surface area (Å²) in [5, 5.41) is 0. The van der Waals surface area contributed by atoms with Gasteiger partial charge in [0, 0.05) is 0 Å². The fourth-order valence-corrected chi connectivity index (χ4v) is 3.68. The Morgan fingerprint density at radius 1 is 1.33 bits per heavy atom. The van der Waals surface area contributed by atoms with Crippen molar-refractivity contribution in [3.05, 3.63) is 11.6 Å². The van der Waals surface area contributed by atoms with Gasteiger partial charge in [-0.3, -0.25) is 4.79 Å². The van der Waals surface area contributed by atoms with Gasteiger partial charge in [-0.1, -0.05) is 19.9 Å². The van der Waals surface area contributed by atoms with Crippen molar-refractivity contribution in [3.8, 4) is 0 Å². The van der Waals surface area contributed by atoms with Gasteiger partial charge in [0.05, 0.1) is 6.10 Å². The van der Waals surface area contributed by atoms with Crippen LogP contribution in [-0.2, 0) is 14.3 Å².